The van der Waals surface area contributed by atoms with E-state index in [4.69, 9.17) is 4.74 Å². The van der Waals surface area contributed by atoms with Gasteiger partial charge in [0.05, 0.1) is 17.6 Å². The monoisotopic (exact) mass is 518 g/mol. The Labute approximate surface area is 207 Å². The maximum Gasteiger partial charge on any atom is 0.416 e. The van der Waals surface area contributed by atoms with Crippen molar-refractivity contribution in [2.45, 2.75) is 28.8 Å². The van der Waals surface area contributed by atoms with Crippen LogP contribution in [0.15, 0.2) is 70.5 Å². The predicted molar refractivity (Wildman–Crippen MR) is 129 cm³/mol. The number of halogens is 3. The van der Waals surface area contributed by atoms with Crippen molar-refractivity contribution >= 4 is 21.4 Å². The lowest BCUT2D eigenvalue weighted by atomic mass is 10.0. The highest BCUT2D eigenvalue weighted by atomic mass is 32.2. The summed E-state index contributed by atoms with van der Waals surface area (Å²) in [5.74, 6) is -0.477. The third-order valence-electron chi connectivity index (χ3n) is 6.18. The molecule has 0 saturated carbocycles. The van der Waals surface area contributed by atoms with Gasteiger partial charge in [0.1, 0.15) is 10.6 Å². The first-order valence-corrected chi connectivity index (χ1v) is 12.7. The number of sulfone groups is 1. The fourth-order valence-corrected chi connectivity index (χ4v) is 5.55. The molecule has 0 aromatic heterocycles. The molecule has 3 aromatic rings. The second-order valence-electron chi connectivity index (χ2n) is 8.64. The van der Waals surface area contributed by atoms with Gasteiger partial charge in [-0.3, -0.25) is 4.79 Å². The van der Waals surface area contributed by atoms with Crippen LogP contribution in [0.1, 0.15) is 27.0 Å². The zero-order valence-corrected chi connectivity index (χ0v) is 20.5. The number of alkyl halides is 3. The summed E-state index contributed by atoms with van der Waals surface area (Å²) < 4.78 is 71.1. The molecule has 0 spiro atoms. The van der Waals surface area contributed by atoms with E-state index in [0.717, 1.165) is 55.3 Å². The lowest BCUT2D eigenvalue weighted by Crippen LogP contribution is -2.20. The molecule has 0 atom stereocenters. The number of rotatable bonds is 5. The molecule has 0 aliphatic carbocycles. The van der Waals surface area contributed by atoms with E-state index in [9.17, 15) is 26.4 Å². The summed E-state index contributed by atoms with van der Waals surface area (Å²) >= 11 is 0. The molecule has 0 radical (unpaired) electrons. The van der Waals surface area contributed by atoms with Gasteiger partial charge in [-0.2, -0.15) is 13.2 Å². The summed E-state index contributed by atoms with van der Waals surface area (Å²) in [4.78, 5) is 14.7. The van der Waals surface area contributed by atoms with Crippen LogP contribution in [0.4, 0.5) is 18.9 Å². The van der Waals surface area contributed by atoms with Gasteiger partial charge in [-0.25, -0.2) is 8.42 Å². The first-order chi connectivity index (χ1) is 17.0. The molecule has 1 heterocycles. The van der Waals surface area contributed by atoms with Gasteiger partial charge in [0.25, 0.3) is 5.91 Å². The van der Waals surface area contributed by atoms with Crippen molar-refractivity contribution in [2.75, 3.05) is 32.6 Å². The van der Waals surface area contributed by atoms with Crippen molar-refractivity contribution in [1.29, 1.82) is 0 Å². The van der Waals surface area contributed by atoms with Crippen LogP contribution in [0.5, 0.6) is 5.75 Å². The minimum absolute atomic E-state index is 0.00329. The Morgan fingerprint density at radius 1 is 0.972 bits per heavy atom. The third kappa shape index (κ3) is 5.39. The molecule has 0 fully saturated rings. The Hall–Kier alpha value is -3.37. The number of methoxy groups -OCH3 is 1. The van der Waals surface area contributed by atoms with E-state index in [1.807, 2.05) is 7.05 Å². The van der Waals surface area contributed by atoms with E-state index in [1.165, 1.54) is 37.4 Å². The summed E-state index contributed by atoms with van der Waals surface area (Å²) in [6, 6.07) is 13.0. The minimum Gasteiger partial charge on any atom is -0.495 e. The second kappa shape index (κ2) is 9.94. The third-order valence-corrected chi connectivity index (χ3v) is 7.97. The molecule has 0 bridgehead atoms. The van der Waals surface area contributed by atoms with Crippen LogP contribution in [0.25, 0.3) is 0 Å². The van der Waals surface area contributed by atoms with Gasteiger partial charge in [-0.05, 0) is 85.6 Å². The Kier molecular flexibility index (Phi) is 7.10. The van der Waals surface area contributed by atoms with Crippen LogP contribution in [0, 0.1) is 0 Å². The number of likely N-dealkylation sites (N-methyl/N-ethyl adjacent to an activating group) is 1. The number of fused-ring (bicyclic) bond motifs is 1. The molecule has 1 amide bonds. The molecule has 6 nitrogen and oxygen atoms in total. The van der Waals surface area contributed by atoms with Crippen molar-refractivity contribution in [3.8, 4) is 5.75 Å². The predicted octanol–water partition coefficient (Wildman–Crippen LogP) is 4.83. The molecule has 36 heavy (non-hydrogen) atoms. The van der Waals surface area contributed by atoms with Crippen LogP contribution in [-0.4, -0.2) is 46.5 Å². The average molecular weight is 519 g/mol. The molecule has 10 heteroatoms. The van der Waals surface area contributed by atoms with E-state index in [-0.39, 0.29) is 26.8 Å². The van der Waals surface area contributed by atoms with Gasteiger partial charge in [0.15, 0.2) is 0 Å². The Balaban J connectivity index is 1.58. The number of amides is 1. The van der Waals surface area contributed by atoms with Gasteiger partial charge in [-0.1, -0.05) is 6.07 Å². The fraction of sp³-hybridized carbons (Fsp3) is 0.269. The number of carbonyl (C=O) groups is 1. The van der Waals surface area contributed by atoms with E-state index in [2.05, 4.69) is 10.2 Å². The first kappa shape index (κ1) is 25.7. The maximum absolute atomic E-state index is 13.5. The second-order valence-corrected chi connectivity index (χ2v) is 10.6. The van der Waals surface area contributed by atoms with Gasteiger partial charge >= 0.3 is 6.18 Å². The van der Waals surface area contributed by atoms with Crippen LogP contribution in [0.3, 0.4) is 0 Å². The lowest BCUT2D eigenvalue weighted by Gasteiger charge is -2.15. The number of ether oxygens (including phenoxy) is 1. The van der Waals surface area contributed by atoms with Crippen LogP contribution in [0.2, 0.25) is 0 Å². The summed E-state index contributed by atoms with van der Waals surface area (Å²) in [5, 5.41) is 2.50. The summed E-state index contributed by atoms with van der Waals surface area (Å²) in [7, 11) is -0.488. The molecule has 3 aromatic carbocycles. The maximum atomic E-state index is 13.5. The topological polar surface area (TPSA) is 75.7 Å². The number of anilines is 1. The highest BCUT2D eigenvalue weighted by Crippen LogP contribution is 2.34. The zero-order chi connectivity index (χ0) is 26.1. The summed E-state index contributed by atoms with van der Waals surface area (Å²) in [6.07, 6.45) is -3.05. The van der Waals surface area contributed by atoms with E-state index >= 15 is 0 Å². The Morgan fingerprint density at radius 2 is 1.61 bits per heavy atom. The lowest BCUT2D eigenvalue weighted by molar-refractivity contribution is -0.137. The largest absolute Gasteiger partial charge is 0.495 e. The SMILES string of the molecule is COc1cc2c(cc1S(=O)(=O)c1ccc(NC(=O)c3cccc(C(F)(F)F)c3)cc1)CCN(C)CC2. The fourth-order valence-electron chi connectivity index (χ4n) is 4.10. The van der Waals surface area contributed by atoms with Gasteiger partial charge < -0.3 is 15.0 Å². The van der Waals surface area contributed by atoms with Crippen molar-refractivity contribution in [1.82, 2.24) is 4.90 Å². The molecule has 190 valence electrons. The van der Waals surface area contributed by atoms with E-state index in [0.29, 0.717) is 0 Å². The van der Waals surface area contributed by atoms with Gasteiger partial charge in [0, 0.05) is 24.3 Å². The van der Waals surface area contributed by atoms with Gasteiger partial charge in [-0.15, -0.1) is 0 Å². The number of nitrogens with one attached hydrogen (secondary N) is 1. The number of hydrogen-bond donors (Lipinski definition) is 1. The van der Waals surface area contributed by atoms with Crippen molar-refractivity contribution in [3.63, 3.8) is 0 Å². The summed E-state index contributed by atoms with van der Waals surface area (Å²) in [6.45, 7) is 1.69. The normalized spacial score (nSPS) is 14.6. The number of nitrogens with zero attached hydrogens (tertiary/aromatic N) is 1. The average Bonchev–Trinajstić information content (AvgIpc) is 3.04. The quantitative estimate of drug-likeness (QED) is 0.524. The van der Waals surface area contributed by atoms with Crippen LogP contribution >= 0.6 is 0 Å². The molecule has 1 aliphatic heterocycles. The van der Waals surface area contributed by atoms with E-state index < -0.39 is 27.5 Å². The Morgan fingerprint density at radius 3 is 2.22 bits per heavy atom. The number of carbonyl (C=O) groups excluding carboxylic acids is 1. The standard InChI is InChI=1S/C26H25F3N2O4S/c1-31-12-10-17-15-23(35-2)24(16-18(17)11-13-31)36(33,34)22-8-6-21(7-9-22)30-25(32)19-4-3-5-20(14-19)26(27,28)29/h3-9,14-16H,10-13H2,1-2H3,(H,30,32). The van der Waals surface area contributed by atoms with Gasteiger partial charge in [0.2, 0.25) is 9.84 Å². The molecule has 1 N–H and O–H groups in total. The van der Waals surface area contributed by atoms with Crippen molar-refractivity contribution in [3.05, 3.63) is 82.9 Å². The molecule has 0 saturated heterocycles. The molecular formula is C26H25F3N2O4S. The molecule has 4 rings (SSSR count). The number of benzene rings is 3. The van der Waals surface area contributed by atoms with Crippen LogP contribution in [-0.2, 0) is 28.9 Å². The highest BCUT2D eigenvalue weighted by Gasteiger charge is 2.31. The van der Waals surface area contributed by atoms with Crippen molar-refractivity contribution < 1.29 is 31.1 Å². The van der Waals surface area contributed by atoms with Crippen molar-refractivity contribution in [2.24, 2.45) is 0 Å². The highest BCUT2D eigenvalue weighted by molar-refractivity contribution is 7.91. The Bertz CT molecular complexity index is 1390. The minimum atomic E-state index is -4.57. The summed E-state index contributed by atoms with van der Waals surface area (Å²) in [5.41, 5.74) is 1.17. The molecular weight excluding hydrogens is 493 g/mol. The molecule has 0 unspecified atom stereocenters. The smallest absolute Gasteiger partial charge is 0.416 e. The van der Waals surface area contributed by atoms with Crippen LogP contribution < -0.4 is 10.1 Å². The molecule has 1 aliphatic rings. The zero-order valence-electron chi connectivity index (χ0n) is 19.7. The number of hydrogen-bond acceptors (Lipinski definition) is 5. The first-order valence-electron chi connectivity index (χ1n) is 11.2. The van der Waals surface area contributed by atoms with E-state index in [1.54, 1.807) is 12.1 Å².